The second-order valence-corrected chi connectivity index (χ2v) is 8.20. The highest BCUT2D eigenvalue weighted by molar-refractivity contribution is 9.10. The fourth-order valence-corrected chi connectivity index (χ4v) is 4.43. The van der Waals surface area contributed by atoms with Crippen molar-refractivity contribution in [3.63, 3.8) is 0 Å². The Hall–Kier alpha value is -1.57. The number of halogens is 1. The molecule has 0 fully saturated rings. The molecule has 0 aliphatic heterocycles. The van der Waals surface area contributed by atoms with Crippen molar-refractivity contribution in [3.05, 3.63) is 59.1 Å². The van der Waals surface area contributed by atoms with E-state index in [1.807, 2.05) is 30.3 Å². The predicted molar refractivity (Wildman–Crippen MR) is 93.3 cm³/mol. The summed E-state index contributed by atoms with van der Waals surface area (Å²) in [7, 11) is -3.73. The van der Waals surface area contributed by atoms with Crippen LogP contribution in [0.1, 0.15) is 0 Å². The second kappa shape index (κ2) is 6.51. The van der Waals surface area contributed by atoms with E-state index in [0.29, 0.717) is 5.89 Å². The SMILES string of the molecule is CSc1oc(-c2ccccc2)nc1S(=O)(=O)c1ccc(Br)cc1. The Morgan fingerprint density at radius 3 is 2.30 bits per heavy atom. The highest BCUT2D eigenvalue weighted by atomic mass is 79.9. The van der Waals surface area contributed by atoms with Crippen molar-refractivity contribution in [2.24, 2.45) is 0 Å². The molecule has 0 aliphatic carbocycles. The van der Waals surface area contributed by atoms with Gasteiger partial charge < -0.3 is 4.42 Å². The van der Waals surface area contributed by atoms with Gasteiger partial charge in [-0.25, -0.2) is 8.42 Å². The van der Waals surface area contributed by atoms with Gasteiger partial charge in [-0.1, -0.05) is 45.9 Å². The summed E-state index contributed by atoms with van der Waals surface area (Å²) in [5, 5.41) is 0.234. The Morgan fingerprint density at radius 1 is 1.04 bits per heavy atom. The minimum absolute atomic E-state index is 0.0498. The molecule has 3 rings (SSSR count). The van der Waals surface area contributed by atoms with E-state index in [4.69, 9.17) is 4.42 Å². The number of sulfone groups is 1. The summed E-state index contributed by atoms with van der Waals surface area (Å²) in [6.45, 7) is 0. The molecule has 0 spiro atoms. The molecule has 7 heteroatoms. The number of hydrogen-bond donors (Lipinski definition) is 0. The number of oxazole rings is 1. The lowest BCUT2D eigenvalue weighted by Gasteiger charge is -2.02. The van der Waals surface area contributed by atoms with Crippen molar-refractivity contribution in [2.45, 2.75) is 15.0 Å². The van der Waals surface area contributed by atoms with Crippen molar-refractivity contribution in [3.8, 4) is 11.5 Å². The highest BCUT2D eigenvalue weighted by Gasteiger charge is 2.27. The van der Waals surface area contributed by atoms with Crippen LogP contribution in [0.25, 0.3) is 11.5 Å². The first-order valence-corrected chi connectivity index (χ1v) is 10.1. The van der Waals surface area contributed by atoms with E-state index >= 15 is 0 Å². The molecule has 0 saturated heterocycles. The van der Waals surface area contributed by atoms with E-state index in [1.165, 1.54) is 11.8 Å². The van der Waals surface area contributed by atoms with Crippen LogP contribution in [0.15, 0.2) is 78.5 Å². The topological polar surface area (TPSA) is 60.2 Å². The molecule has 0 saturated carbocycles. The molecule has 0 unspecified atom stereocenters. The molecule has 0 radical (unpaired) electrons. The van der Waals surface area contributed by atoms with Crippen molar-refractivity contribution >= 4 is 37.5 Å². The van der Waals surface area contributed by atoms with E-state index in [-0.39, 0.29) is 15.0 Å². The summed E-state index contributed by atoms with van der Waals surface area (Å²) in [4.78, 5) is 4.42. The third-order valence-electron chi connectivity index (χ3n) is 3.15. The molecule has 0 amide bonds. The molecule has 118 valence electrons. The van der Waals surface area contributed by atoms with Gasteiger partial charge in [-0.05, 0) is 42.7 Å². The molecular weight excluding hydrogens is 398 g/mol. The van der Waals surface area contributed by atoms with E-state index in [2.05, 4.69) is 20.9 Å². The lowest BCUT2D eigenvalue weighted by molar-refractivity contribution is 0.471. The number of rotatable bonds is 4. The van der Waals surface area contributed by atoms with E-state index in [0.717, 1.165) is 10.0 Å². The normalized spacial score (nSPS) is 11.6. The fourth-order valence-electron chi connectivity index (χ4n) is 2.02. The molecule has 4 nitrogen and oxygen atoms in total. The van der Waals surface area contributed by atoms with Crippen LogP contribution in [-0.4, -0.2) is 19.7 Å². The third kappa shape index (κ3) is 3.22. The number of thioether (sulfide) groups is 1. The Kier molecular flexibility index (Phi) is 4.61. The van der Waals surface area contributed by atoms with Crippen molar-refractivity contribution in [2.75, 3.05) is 6.26 Å². The van der Waals surface area contributed by atoms with Crippen molar-refractivity contribution < 1.29 is 12.8 Å². The van der Waals surface area contributed by atoms with Crippen LogP contribution in [-0.2, 0) is 9.84 Å². The monoisotopic (exact) mass is 409 g/mol. The van der Waals surface area contributed by atoms with Gasteiger partial charge in [-0.3, -0.25) is 0 Å². The third-order valence-corrected chi connectivity index (χ3v) is 6.14. The van der Waals surface area contributed by atoms with E-state index in [9.17, 15) is 8.42 Å². The first kappa shape index (κ1) is 16.3. The van der Waals surface area contributed by atoms with Gasteiger partial charge in [0, 0.05) is 10.0 Å². The van der Waals surface area contributed by atoms with Crippen LogP contribution < -0.4 is 0 Å². The molecular formula is C16H12BrNO3S2. The Balaban J connectivity index is 2.12. The van der Waals surface area contributed by atoms with E-state index in [1.54, 1.807) is 30.5 Å². The van der Waals surface area contributed by atoms with Crippen LogP contribution >= 0.6 is 27.7 Å². The lowest BCUT2D eigenvalue weighted by atomic mass is 10.2. The maximum absolute atomic E-state index is 12.8. The minimum Gasteiger partial charge on any atom is -0.428 e. The first-order valence-electron chi connectivity index (χ1n) is 6.63. The maximum Gasteiger partial charge on any atom is 0.228 e. The molecule has 1 heterocycles. The Labute approximate surface area is 147 Å². The molecule has 1 aromatic heterocycles. The fraction of sp³-hybridized carbons (Fsp3) is 0.0625. The largest absolute Gasteiger partial charge is 0.428 e. The summed E-state index contributed by atoms with van der Waals surface area (Å²) >= 11 is 4.52. The quantitative estimate of drug-likeness (QED) is 0.586. The minimum atomic E-state index is -3.73. The van der Waals surface area contributed by atoms with Gasteiger partial charge in [0.05, 0.1) is 4.90 Å². The molecule has 2 aromatic carbocycles. The number of aromatic nitrogens is 1. The Morgan fingerprint density at radius 2 is 1.70 bits per heavy atom. The summed E-state index contributed by atoms with van der Waals surface area (Å²) in [6.07, 6.45) is 1.76. The maximum atomic E-state index is 12.8. The number of hydrogen-bond acceptors (Lipinski definition) is 5. The predicted octanol–water partition coefficient (Wildman–Crippen LogP) is 4.66. The van der Waals surface area contributed by atoms with Crippen molar-refractivity contribution in [1.82, 2.24) is 4.98 Å². The zero-order chi connectivity index (χ0) is 16.4. The smallest absolute Gasteiger partial charge is 0.228 e. The summed E-state index contributed by atoms with van der Waals surface area (Å²) < 4.78 is 32.1. The van der Waals surface area contributed by atoms with Gasteiger partial charge in [0.25, 0.3) is 0 Å². The van der Waals surface area contributed by atoms with Crippen LogP contribution in [0.5, 0.6) is 0 Å². The average molecular weight is 410 g/mol. The second-order valence-electron chi connectivity index (χ2n) is 4.64. The van der Waals surface area contributed by atoms with Gasteiger partial charge >= 0.3 is 0 Å². The standard InChI is InChI=1S/C16H12BrNO3S2/c1-22-16-15(18-14(21-16)11-5-3-2-4-6-11)23(19,20)13-9-7-12(17)8-10-13/h2-10H,1H3. The van der Waals surface area contributed by atoms with Gasteiger partial charge in [-0.2, -0.15) is 4.98 Å². The summed E-state index contributed by atoms with van der Waals surface area (Å²) in [6, 6.07) is 15.7. The van der Waals surface area contributed by atoms with Crippen LogP contribution in [0, 0.1) is 0 Å². The molecule has 0 bridgehead atoms. The lowest BCUT2D eigenvalue weighted by Crippen LogP contribution is -2.03. The number of nitrogens with zero attached hydrogens (tertiary/aromatic N) is 1. The van der Waals surface area contributed by atoms with Crippen LogP contribution in [0.2, 0.25) is 0 Å². The number of benzene rings is 2. The van der Waals surface area contributed by atoms with Gasteiger partial charge in [0.2, 0.25) is 25.8 Å². The zero-order valence-corrected chi connectivity index (χ0v) is 15.3. The van der Waals surface area contributed by atoms with Crippen LogP contribution in [0.4, 0.5) is 0 Å². The molecule has 3 aromatic rings. The summed E-state index contributed by atoms with van der Waals surface area (Å²) in [5.74, 6) is 0.297. The first-order chi connectivity index (χ1) is 11.0. The summed E-state index contributed by atoms with van der Waals surface area (Å²) in [5.41, 5.74) is 0.736. The molecule has 0 aliphatic rings. The molecule has 0 N–H and O–H groups in total. The average Bonchev–Trinajstić information content (AvgIpc) is 3.01. The van der Waals surface area contributed by atoms with Gasteiger partial charge in [0.15, 0.2) is 0 Å². The van der Waals surface area contributed by atoms with Gasteiger partial charge in [0.1, 0.15) is 0 Å². The molecule has 0 atom stereocenters. The van der Waals surface area contributed by atoms with Crippen LogP contribution in [0.3, 0.4) is 0 Å². The van der Waals surface area contributed by atoms with Crippen molar-refractivity contribution in [1.29, 1.82) is 0 Å². The van der Waals surface area contributed by atoms with Gasteiger partial charge in [-0.15, -0.1) is 0 Å². The molecule has 23 heavy (non-hydrogen) atoms. The Bertz CT molecular complexity index is 920. The van der Waals surface area contributed by atoms with E-state index < -0.39 is 9.84 Å². The highest BCUT2D eigenvalue weighted by Crippen LogP contribution is 2.33. The zero-order valence-electron chi connectivity index (χ0n) is 12.1.